The normalized spacial score (nSPS) is 11.5. The van der Waals surface area contributed by atoms with Gasteiger partial charge in [-0.1, -0.05) is 11.6 Å². The maximum absolute atomic E-state index is 13.2. The molecule has 0 saturated heterocycles. The molecule has 0 radical (unpaired) electrons. The van der Waals surface area contributed by atoms with Crippen molar-refractivity contribution in [1.29, 1.82) is 0 Å². The van der Waals surface area contributed by atoms with Crippen molar-refractivity contribution in [3.8, 4) is 5.69 Å². The SMILES string of the molecule is Cc1nn(-c2ccc(F)cc2)c(Cl)c1C=CC(=O)OCC(=O)c1cc(C)n(C(C)C)c1C. The highest BCUT2D eigenvalue weighted by molar-refractivity contribution is 6.31. The van der Waals surface area contributed by atoms with E-state index in [-0.39, 0.29) is 29.4 Å². The van der Waals surface area contributed by atoms with Gasteiger partial charge in [-0.15, -0.1) is 0 Å². The molecule has 3 rings (SSSR count). The topological polar surface area (TPSA) is 66.1 Å². The average Bonchev–Trinajstić information content (AvgIpc) is 3.20. The van der Waals surface area contributed by atoms with Crippen LogP contribution in [0.1, 0.15) is 52.9 Å². The van der Waals surface area contributed by atoms with Gasteiger partial charge in [-0.3, -0.25) is 4.79 Å². The van der Waals surface area contributed by atoms with Crippen LogP contribution in [-0.2, 0) is 9.53 Å². The Balaban J connectivity index is 1.68. The minimum absolute atomic E-state index is 0.228. The molecule has 0 bridgehead atoms. The number of rotatable bonds is 7. The molecular weight excluding hydrogens is 433 g/mol. The maximum atomic E-state index is 13.2. The van der Waals surface area contributed by atoms with Crippen LogP contribution in [0.5, 0.6) is 0 Å². The first-order valence-corrected chi connectivity index (χ1v) is 10.6. The number of hydrogen-bond acceptors (Lipinski definition) is 4. The number of aromatic nitrogens is 3. The monoisotopic (exact) mass is 457 g/mol. The fourth-order valence-corrected chi connectivity index (χ4v) is 4.06. The van der Waals surface area contributed by atoms with E-state index in [9.17, 15) is 14.0 Å². The zero-order valence-electron chi connectivity index (χ0n) is 18.6. The molecule has 2 aromatic heterocycles. The van der Waals surface area contributed by atoms with Crippen LogP contribution in [0.15, 0.2) is 36.4 Å². The Morgan fingerprint density at radius 1 is 1.19 bits per heavy atom. The van der Waals surface area contributed by atoms with Crippen LogP contribution >= 0.6 is 11.6 Å². The molecule has 0 aliphatic carbocycles. The molecule has 0 N–H and O–H groups in total. The lowest BCUT2D eigenvalue weighted by molar-refractivity contribution is -0.136. The summed E-state index contributed by atoms with van der Waals surface area (Å²) in [6.07, 6.45) is 2.69. The van der Waals surface area contributed by atoms with Crippen molar-refractivity contribution in [3.05, 3.63) is 75.6 Å². The van der Waals surface area contributed by atoms with Crippen LogP contribution in [0.3, 0.4) is 0 Å². The molecule has 168 valence electrons. The van der Waals surface area contributed by atoms with Gasteiger partial charge in [0, 0.05) is 34.6 Å². The highest BCUT2D eigenvalue weighted by Gasteiger charge is 2.18. The van der Waals surface area contributed by atoms with Crippen molar-refractivity contribution in [3.63, 3.8) is 0 Å². The molecule has 0 unspecified atom stereocenters. The zero-order valence-corrected chi connectivity index (χ0v) is 19.4. The van der Waals surface area contributed by atoms with Crippen LogP contribution in [0.2, 0.25) is 5.15 Å². The number of halogens is 2. The largest absolute Gasteiger partial charge is 0.454 e. The van der Waals surface area contributed by atoms with Crippen LogP contribution in [0.4, 0.5) is 4.39 Å². The molecule has 0 spiro atoms. The summed E-state index contributed by atoms with van der Waals surface area (Å²) >= 11 is 6.40. The van der Waals surface area contributed by atoms with E-state index in [1.807, 2.05) is 33.8 Å². The van der Waals surface area contributed by atoms with E-state index in [0.717, 1.165) is 11.4 Å². The molecule has 0 saturated carbocycles. The van der Waals surface area contributed by atoms with Crippen molar-refractivity contribution in [2.75, 3.05) is 6.61 Å². The first-order chi connectivity index (χ1) is 15.1. The minimum atomic E-state index is -0.666. The quantitative estimate of drug-likeness (QED) is 0.270. The Bertz CT molecular complexity index is 1190. The number of nitrogens with zero attached hydrogens (tertiary/aromatic N) is 3. The predicted octanol–water partition coefficient (Wildman–Crippen LogP) is 5.41. The van der Waals surface area contributed by atoms with Crippen molar-refractivity contribution in [2.45, 2.75) is 40.7 Å². The van der Waals surface area contributed by atoms with Gasteiger partial charge < -0.3 is 9.30 Å². The highest BCUT2D eigenvalue weighted by atomic mass is 35.5. The zero-order chi connectivity index (χ0) is 23.6. The predicted molar refractivity (Wildman–Crippen MR) is 122 cm³/mol. The average molecular weight is 458 g/mol. The molecule has 0 fully saturated rings. The molecule has 0 aliphatic heterocycles. The van der Waals surface area contributed by atoms with E-state index in [1.165, 1.54) is 29.0 Å². The summed E-state index contributed by atoms with van der Waals surface area (Å²) < 4.78 is 21.8. The Morgan fingerprint density at radius 2 is 1.84 bits per heavy atom. The van der Waals surface area contributed by atoms with Crippen LogP contribution in [0, 0.1) is 26.6 Å². The highest BCUT2D eigenvalue weighted by Crippen LogP contribution is 2.25. The number of aryl methyl sites for hydroxylation is 2. The van der Waals surface area contributed by atoms with Crippen LogP contribution in [-0.4, -0.2) is 32.7 Å². The lowest BCUT2D eigenvalue weighted by atomic mass is 10.1. The first-order valence-electron chi connectivity index (χ1n) is 10.2. The molecule has 8 heteroatoms. The third kappa shape index (κ3) is 4.83. The van der Waals surface area contributed by atoms with E-state index in [4.69, 9.17) is 16.3 Å². The van der Waals surface area contributed by atoms with E-state index in [2.05, 4.69) is 9.67 Å². The lowest BCUT2D eigenvalue weighted by Gasteiger charge is -2.13. The van der Waals surface area contributed by atoms with Gasteiger partial charge in [0.2, 0.25) is 5.78 Å². The molecule has 3 aromatic rings. The first kappa shape index (κ1) is 23.5. The minimum Gasteiger partial charge on any atom is -0.454 e. The summed E-state index contributed by atoms with van der Waals surface area (Å²) in [5, 5.41) is 4.61. The third-order valence-electron chi connectivity index (χ3n) is 5.15. The van der Waals surface area contributed by atoms with Gasteiger partial charge in [0.15, 0.2) is 6.61 Å². The van der Waals surface area contributed by atoms with Gasteiger partial charge in [0.05, 0.1) is 11.4 Å². The summed E-state index contributed by atoms with van der Waals surface area (Å²) in [4.78, 5) is 24.7. The van der Waals surface area contributed by atoms with Gasteiger partial charge in [-0.25, -0.2) is 13.9 Å². The second-order valence-corrected chi connectivity index (χ2v) is 8.15. The summed E-state index contributed by atoms with van der Waals surface area (Å²) in [7, 11) is 0. The molecule has 6 nitrogen and oxygen atoms in total. The van der Waals surface area contributed by atoms with E-state index in [1.54, 1.807) is 19.1 Å². The molecule has 2 heterocycles. The van der Waals surface area contributed by atoms with Crippen molar-refractivity contribution >= 4 is 29.4 Å². The smallest absolute Gasteiger partial charge is 0.331 e. The number of hydrogen-bond donors (Lipinski definition) is 0. The Labute approximate surface area is 191 Å². The van der Waals surface area contributed by atoms with E-state index < -0.39 is 5.97 Å². The second-order valence-electron chi connectivity index (χ2n) is 7.79. The summed E-state index contributed by atoms with van der Waals surface area (Å²) in [6, 6.07) is 7.77. The Hall–Kier alpha value is -3.19. The second kappa shape index (κ2) is 9.53. The lowest BCUT2D eigenvalue weighted by Crippen LogP contribution is -2.14. The van der Waals surface area contributed by atoms with Crippen molar-refractivity contribution < 1.29 is 18.7 Å². The number of carbonyl (C=O) groups excluding carboxylic acids is 2. The van der Waals surface area contributed by atoms with E-state index in [0.29, 0.717) is 22.5 Å². The fraction of sp³-hybridized carbons (Fsp3) is 0.292. The maximum Gasteiger partial charge on any atom is 0.331 e. The van der Waals surface area contributed by atoms with Crippen LogP contribution < -0.4 is 0 Å². The van der Waals surface area contributed by atoms with Crippen molar-refractivity contribution in [2.24, 2.45) is 0 Å². The standard InChI is InChI=1S/C24H25ClFN3O3/c1-14(2)28-15(3)12-21(17(28)5)22(30)13-32-23(31)11-10-20-16(4)27-29(24(20)25)19-8-6-18(26)7-9-19/h6-12,14H,13H2,1-5H3. The van der Waals surface area contributed by atoms with Gasteiger partial charge in [-0.05, 0) is 71.0 Å². The summed E-state index contributed by atoms with van der Waals surface area (Å²) in [5.41, 5.74) is 4.08. The van der Waals surface area contributed by atoms with E-state index >= 15 is 0 Å². The van der Waals surface area contributed by atoms with Gasteiger partial charge in [0.25, 0.3) is 0 Å². The Morgan fingerprint density at radius 3 is 2.44 bits per heavy atom. The number of ether oxygens (including phenoxy) is 1. The number of ketones is 1. The van der Waals surface area contributed by atoms with Crippen LogP contribution in [0.25, 0.3) is 11.8 Å². The number of benzene rings is 1. The molecule has 1 aromatic carbocycles. The number of esters is 1. The third-order valence-corrected chi connectivity index (χ3v) is 5.52. The molecular formula is C24H25ClFN3O3. The van der Waals surface area contributed by atoms with Gasteiger partial charge in [0.1, 0.15) is 11.0 Å². The number of carbonyl (C=O) groups is 2. The molecule has 0 aliphatic rings. The van der Waals surface area contributed by atoms with Gasteiger partial charge in [-0.2, -0.15) is 5.10 Å². The van der Waals surface area contributed by atoms with Crippen molar-refractivity contribution in [1.82, 2.24) is 14.3 Å². The van der Waals surface area contributed by atoms with Gasteiger partial charge >= 0.3 is 5.97 Å². The molecule has 0 atom stereocenters. The fourth-order valence-electron chi connectivity index (χ4n) is 3.72. The Kier molecular flexibility index (Phi) is 6.99. The molecule has 0 amide bonds. The summed E-state index contributed by atoms with van der Waals surface area (Å²) in [5.74, 6) is -1.29. The summed E-state index contributed by atoms with van der Waals surface area (Å²) in [6.45, 7) is 9.30. The number of Topliss-reactive ketones (excluding diaryl/α,β-unsaturated/α-hetero) is 1. The molecule has 32 heavy (non-hydrogen) atoms.